The predicted molar refractivity (Wildman–Crippen MR) is 83.8 cm³/mol. The molecule has 1 aliphatic heterocycles. The van der Waals surface area contributed by atoms with Gasteiger partial charge in [-0.15, -0.1) is 0 Å². The van der Waals surface area contributed by atoms with Gasteiger partial charge in [0.1, 0.15) is 0 Å². The molecule has 1 fully saturated rings. The summed E-state index contributed by atoms with van der Waals surface area (Å²) in [6, 6.07) is 6.55. The summed E-state index contributed by atoms with van der Waals surface area (Å²) in [5, 5.41) is 12.8. The molecule has 1 aliphatic rings. The number of rotatable bonds is 7. The van der Waals surface area contributed by atoms with Gasteiger partial charge in [-0.3, -0.25) is 0 Å². The fourth-order valence-electron chi connectivity index (χ4n) is 2.60. The second kappa shape index (κ2) is 8.34. The van der Waals surface area contributed by atoms with E-state index in [2.05, 4.69) is 35.3 Å². The number of nitrogens with one attached hydrogen (secondary N) is 1. The van der Waals surface area contributed by atoms with E-state index in [1.165, 1.54) is 11.1 Å². The van der Waals surface area contributed by atoms with Crippen LogP contribution in [0.2, 0.25) is 0 Å². The standard InChI is InChI=1S/C16H26N2O3/c1-13-9-15(18-6-8-21-12-16(18)11-19)4-3-14(13)10-17-5-7-20-2/h3-4,9,16-17,19H,5-8,10-12H2,1-2H3. The highest BCUT2D eigenvalue weighted by molar-refractivity contribution is 5.52. The zero-order valence-corrected chi connectivity index (χ0v) is 13.0. The SMILES string of the molecule is COCCNCc1ccc(N2CCOCC2CO)cc1C. The molecule has 5 heteroatoms. The summed E-state index contributed by atoms with van der Waals surface area (Å²) in [5.41, 5.74) is 3.72. The van der Waals surface area contributed by atoms with Crippen molar-refractivity contribution >= 4 is 5.69 Å². The minimum absolute atomic E-state index is 0.0591. The predicted octanol–water partition coefficient (Wildman–Crippen LogP) is 0.929. The number of morpholine rings is 1. The molecule has 0 spiro atoms. The number of ether oxygens (including phenoxy) is 2. The number of aryl methyl sites for hydroxylation is 1. The van der Waals surface area contributed by atoms with Gasteiger partial charge in [0.05, 0.1) is 32.5 Å². The lowest BCUT2D eigenvalue weighted by atomic mass is 10.1. The Morgan fingerprint density at radius 2 is 2.33 bits per heavy atom. The maximum absolute atomic E-state index is 9.47. The highest BCUT2D eigenvalue weighted by Gasteiger charge is 2.22. The Balaban J connectivity index is 2.00. The number of anilines is 1. The molecule has 0 aliphatic carbocycles. The third-order valence-electron chi connectivity index (χ3n) is 3.89. The second-order valence-electron chi connectivity index (χ2n) is 5.39. The molecule has 21 heavy (non-hydrogen) atoms. The van der Waals surface area contributed by atoms with Gasteiger partial charge in [-0.1, -0.05) is 6.07 Å². The quantitative estimate of drug-likeness (QED) is 0.733. The zero-order valence-electron chi connectivity index (χ0n) is 13.0. The van der Waals surface area contributed by atoms with E-state index >= 15 is 0 Å². The molecule has 1 heterocycles. The van der Waals surface area contributed by atoms with Crippen LogP contribution in [0.5, 0.6) is 0 Å². The summed E-state index contributed by atoms with van der Waals surface area (Å²) >= 11 is 0. The molecule has 0 amide bonds. The number of hydrogen-bond donors (Lipinski definition) is 2. The molecule has 1 unspecified atom stereocenters. The molecule has 5 nitrogen and oxygen atoms in total. The van der Waals surface area contributed by atoms with Crippen molar-refractivity contribution < 1.29 is 14.6 Å². The van der Waals surface area contributed by atoms with E-state index in [0.717, 1.165) is 38.5 Å². The van der Waals surface area contributed by atoms with Crippen LogP contribution in [0.1, 0.15) is 11.1 Å². The molecule has 0 radical (unpaired) electrons. The molecule has 1 atom stereocenters. The lowest BCUT2D eigenvalue weighted by Gasteiger charge is -2.36. The van der Waals surface area contributed by atoms with E-state index in [0.29, 0.717) is 6.61 Å². The summed E-state index contributed by atoms with van der Waals surface area (Å²) in [6.45, 7) is 6.82. The number of benzene rings is 1. The molecule has 118 valence electrons. The Morgan fingerprint density at radius 3 is 3.05 bits per heavy atom. The average molecular weight is 294 g/mol. The van der Waals surface area contributed by atoms with Crippen LogP contribution in [0.3, 0.4) is 0 Å². The van der Waals surface area contributed by atoms with Gasteiger partial charge in [0.25, 0.3) is 0 Å². The first-order valence-electron chi connectivity index (χ1n) is 7.50. The van der Waals surface area contributed by atoms with Gasteiger partial charge < -0.3 is 24.8 Å². The molecule has 0 bridgehead atoms. The molecular weight excluding hydrogens is 268 g/mol. The van der Waals surface area contributed by atoms with E-state index in [1.54, 1.807) is 7.11 Å². The van der Waals surface area contributed by atoms with E-state index < -0.39 is 0 Å². The molecule has 2 N–H and O–H groups in total. The molecular formula is C16H26N2O3. The summed E-state index contributed by atoms with van der Waals surface area (Å²) < 4.78 is 10.5. The number of hydrogen-bond acceptors (Lipinski definition) is 5. The van der Waals surface area contributed by atoms with E-state index in [9.17, 15) is 5.11 Å². The highest BCUT2D eigenvalue weighted by Crippen LogP contribution is 2.23. The summed E-state index contributed by atoms with van der Waals surface area (Å²) in [7, 11) is 1.71. The summed E-state index contributed by atoms with van der Waals surface area (Å²) in [4.78, 5) is 2.23. The normalized spacial score (nSPS) is 19.0. The van der Waals surface area contributed by atoms with Gasteiger partial charge >= 0.3 is 0 Å². The smallest absolute Gasteiger partial charge is 0.0755 e. The third-order valence-corrected chi connectivity index (χ3v) is 3.89. The van der Waals surface area contributed by atoms with Crippen LogP contribution in [0, 0.1) is 6.92 Å². The van der Waals surface area contributed by atoms with Crippen molar-refractivity contribution in [2.24, 2.45) is 0 Å². The van der Waals surface area contributed by atoms with Gasteiger partial charge in [0.15, 0.2) is 0 Å². The second-order valence-corrected chi connectivity index (χ2v) is 5.39. The van der Waals surface area contributed by atoms with E-state index in [1.807, 2.05) is 0 Å². The van der Waals surface area contributed by atoms with E-state index in [4.69, 9.17) is 9.47 Å². The Hall–Kier alpha value is -1.14. The lowest BCUT2D eigenvalue weighted by molar-refractivity contribution is 0.0727. The molecule has 0 aromatic heterocycles. The van der Waals surface area contributed by atoms with E-state index in [-0.39, 0.29) is 12.6 Å². The average Bonchev–Trinajstić information content (AvgIpc) is 2.52. The first kappa shape index (κ1) is 16.2. The highest BCUT2D eigenvalue weighted by atomic mass is 16.5. The van der Waals surface area contributed by atoms with Crippen molar-refractivity contribution in [3.8, 4) is 0 Å². The Bertz CT molecular complexity index is 440. The molecule has 1 aromatic carbocycles. The Morgan fingerprint density at radius 1 is 1.48 bits per heavy atom. The molecule has 2 rings (SSSR count). The van der Waals surface area contributed by atoms with Crippen molar-refractivity contribution in [2.75, 3.05) is 51.5 Å². The first-order valence-corrected chi connectivity index (χ1v) is 7.50. The van der Waals surface area contributed by atoms with Gasteiger partial charge in [0.2, 0.25) is 0 Å². The van der Waals surface area contributed by atoms with Crippen LogP contribution in [-0.2, 0) is 16.0 Å². The van der Waals surface area contributed by atoms with Gasteiger partial charge in [-0.05, 0) is 30.2 Å². The first-order chi connectivity index (χ1) is 10.3. The summed E-state index contributed by atoms with van der Waals surface area (Å²) in [6.07, 6.45) is 0. The number of methoxy groups -OCH3 is 1. The Kier molecular flexibility index (Phi) is 6.45. The minimum atomic E-state index is 0.0591. The topological polar surface area (TPSA) is 54.0 Å². The van der Waals surface area contributed by atoms with Crippen LogP contribution < -0.4 is 10.2 Å². The van der Waals surface area contributed by atoms with Crippen LogP contribution in [0.15, 0.2) is 18.2 Å². The van der Waals surface area contributed by atoms with Crippen molar-refractivity contribution in [1.29, 1.82) is 0 Å². The van der Waals surface area contributed by atoms with Gasteiger partial charge in [-0.2, -0.15) is 0 Å². The van der Waals surface area contributed by atoms with Crippen molar-refractivity contribution in [3.63, 3.8) is 0 Å². The maximum Gasteiger partial charge on any atom is 0.0755 e. The van der Waals surface area contributed by atoms with Crippen LogP contribution in [0.25, 0.3) is 0 Å². The lowest BCUT2D eigenvalue weighted by Crippen LogP contribution is -2.47. The number of aliphatic hydroxyl groups is 1. The van der Waals surface area contributed by atoms with Crippen LogP contribution in [-0.4, -0.2) is 57.8 Å². The molecule has 1 aromatic rings. The molecule has 0 saturated carbocycles. The van der Waals surface area contributed by atoms with Crippen molar-refractivity contribution in [1.82, 2.24) is 5.32 Å². The van der Waals surface area contributed by atoms with Crippen LogP contribution in [0.4, 0.5) is 5.69 Å². The minimum Gasteiger partial charge on any atom is -0.394 e. The maximum atomic E-state index is 9.47. The summed E-state index contributed by atoms with van der Waals surface area (Å²) in [5.74, 6) is 0. The van der Waals surface area contributed by atoms with Gasteiger partial charge in [0, 0.05) is 32.4 Å². The largest absolute Gasteiger partial charge is 0.394 e. The van der Waals surface area contributed by atoms with Crippen LogP contribution >= 0.6 is 0 Å². The molecule has 1 saturated heterocycles. The zero-order chi connectivity index (χ0) is 15.1. The third kappa shape index (κ3) is 4.41. The number of nitrogens with zero attached hydrogens (tertiary/aromatic N) is 1. The fraction of sp³-hybridized carbons (Fsp3) is 0.625. The number of aliphatic hydroxyl groups excluding tert-OH is 1. The Labute approximate surface area is 126 Å². The fourth-order valence-corrected chi connectivity index (χ4v) is 2.60. The monoisotopic (exact) mass is 294 g/mol. The van der Waals surface area contributed by atoms with Crippen molar-refractivity contribution in [3.05, 3.63) is 29.3 Å². The van der Waals surface area contributed by atoms with Gasteiger partial charge in [-0.25, -0.2) is 0 Å². The van der Waals surface area contributed by atoms with Crippen molar-refractivity contribution in [2.45, 2.75) is 19.5 Å².